The Morgan fingerprint density at radius 3 is 2.79 bits per heavy atom. The number of halogens is 2. The van der Waals surface area contributed by atoms with Gasteiger partial charge in [0, 0.05) is 18.5 Å². The average Bonchev–Trinajstić information content (AvgIpc) is 3.01. The molecule has 0 atom stereocenters. The summed E-state index contributed by atoms with van der Waals surface area (Å²) in [5.41, 5.74) is 0.547. The molecule has 122 valence electrons. The summed E-state index contributed by atoms with van der Waals surface area (Å²) in [6.45, 7) is -0.149. The minimum atomic E-state index is -0.757. The number of hydrogen-bond acceptors (Lipinski definition) is 5. The maximum atomic E-state index is 13.7. The average molecular weight is 331 g/mol. The number of esters is 1. The van der Waals surface area contributed by atoms with Gasteiger partial charge >= 0.3 is 5.97 Å². The van der Waals surface area contributed by atoms with Gasteiger partial charge in [-0.05, 0) is 24.3 Å². The molecule has 0 bridgehead atoms. The first kappa shape index (κ1) is 15.6. The Balaban J connectivity index is 1.69. The molecule has 8 heteroatoms. The van der Waals surface area contributed by atoms with Crippen molar-refractivity contribution in [2.24, 2.45) is 0 Å². The lowest BCUT2D eigenvalue weighted by Gasteiger charge is -2.04. The first-order chi connectivity index (χ1) is 11.5. The lowest BCUT2D eigenvalue weighted by atomic mass is 10.3. The molecule has 0 saturated heterocycles. The number of ether oxygens (including phenoxy) is 1. The van der Waals surface area contributed by atoms with Crippen molar-refractivity contribution in [2.75, 3.05) is 0 Å². The number of carbonyl (C=O) groups is 1. The smallest absolute Gasteiger partial charge is 0.340 e. The van der Waals surface area contributed by atoms with E-state index in [1.807, 2.05) is 0 Å². The minimum Gasteiger partial charge on any atom is -0.506 e. The Morgan fingerprint density at radius 2 is 2.04 bits per heavy atom. The lowest BCUT2D eigenvalue weighted by Crippen LogP contribution is -2.06. The number of benzene rings is 1. The van der Waals surface area contributed by atoms with Crippen LogP contribution in [0, 0.1) is 11.6 Å². The highest BCUT2D eigenvalue weighted by molar-refractivity contribution is 5.89. The van der Waals surface area contributed by atoms with E-state index in [1.165, 1.54) is 41.5 Å². The third-order valence-electron chi connectivity index (χ3n) is 3.11. The second-order valence-corrected chi connectivity index (χ2v) is 4.86. The summed E-state index contributed by atoms with van der Waals surface area (Å²) in [6.07, 6.45) is 3.92. The van der Waals surface area contributed by atoms with E-state index in [2.05, 4.69) is 10.1 Å². The van der Waals surface area contributed by atoms with Crippen LogP contribution in [0.3, 0.4) is 0 Å². The van der Waals surface area contributed by atoms with E-state index < -0.39 is 17.6 Å². The SMILES string of the molecule is O=C(OCc1ccn(-c2ccc(F)cc2F)n1)c1cncc(O)c1. The highest BCUT2D eigenvalue weighted by atomic mass is 19.1. The molecular weight excluding hydrogens is 320 g/mol. The lowest BCUT2D eigenvalue weighted by molar-refractivity contribution is 0.0466. The number of nitrogens with zero attached hydrogens (tertiary/aromatic N) is 3. The van der Waals surface area contributed by atoms with E-state index in [-0.39, 0.29) is 23.6 Å². The number of hydrogen-bond donors (Lipinski definition) is 1. The molecular formula is C16H11F2N3O3. The first-order valence-electron chi connectivity index (χ1n) is 6.84. The molecule has 1 aromatic carbocycles. The van der Waals surface area contributed by atoms with Crippen LogP contribution in [0.25, 0.3) is 5.69 Å². The third kappa shape index (κ3) is 3.37. The Kier molecular flexibility index (Phi) is 4.19. The number of carbonyl (C=O) groups excluding carboxylic acids is 1. The topological polar surface area (TPSA) is 77.2 Å². The fraction of sp³-hybridized carbons (Fsp3) is 0.0625. The molecule has 24 heavy (non-hydrogen) atoms. The molecule has 2 heterocycles. The van der Waals surface area contributed by atoms with Gasteiger partial charge in [-0.1, -0.05) is 0 Å². The molecule has 0 aliphatic heterocycles. The van der Waals surface area contributed by atoms with Gasteiger partial charge in [-0.2, -0.15) is 5.10 Å². The molecule has 0 amide bonds. The van der Waals surface area contributed by atoms with Gasteiger partial charge in [0.2, 0.25) is 0 Å². The van der Waals surface area contributed by atoms with Crippen molar-refractivity contribution in [1.82, 2.24) is 14.8 Å². The molecule has 0 saturated carbocycles. The van der Waals surface area contributed by atoms with Gasteiger partial charge in [0.25, 0.3) is 0 Å². The van der Waals surface area contributed by atoms with Crippen molar-refractivity contribution < 1.29 is 23.4 Å². The Labute approximate surface area is 135 Å². The fourth-order valence-electron chi connectivity index (χ4n) is 2.00. The molecule has 0 spiro atoms. The Morgan fingerprint density at radius 1 is 1.21 bits per heavy atom. The first-order valence-corrected chi connectivity index (χ1v) is 6.84. The van der Waals surface area contributed by atoms with Crippen molar-refractivity contribution in [3.8, 4) is 11.4 Å². The number of aromatic nitrogens is 3. The summed E-state index contributed by atoms with van der Waals surface area (Å²) in [5.74, 6) is -2.27. The van der Waals surface area contributed by atoms with Gasteiger partial charge < -0.3 is 9.84 Å². The summed E-state index contributed by atoms with van der Waals surface area (Å²) in [4.78, 5) is 15.5. The van der Waals surface area contributed by atoms with Crippen molar-refractivity contribution >= 4 is 5.97 Å². The Hall–Kier alpha value is -3.29. The molecule has 0 aliphatic carbocycles. The van der Waals surface area contributed by atoms with E-state index in [9.17, 15) is 18.7 Å². The summed E-state index contributed by atoms with van der Waals surface area (Å²) in [7, 11) is 0. The van der Waals surface area contributed by atoms with Crippen LogP contribution in [0.4, 0.5) is 8.78 Å². The zero-order chi connectivity index (χ0) is 17.1. The van der Waals surface area contributed by atoms with E-state index in [4.69, 9.17) is 4.74 Å². The molecule has 0 unspecified atom stereocenters. The minimum absolute atomic E-state index is 0.0751. The molecule has 3 rings (SSSR count). The van der Waals surface area contributed by atoms with Gasteiger partial charge in [0.1, 0.15) is 29.6 Å². The van der Waals surface area contributed by atoms with E-state index in [0.717, 1.165) is 12.1 Å². The van der Waals surface area contributed by atoms with E-state index in [0.29, 0.717) is 5.69 Å². The quantitative estimate of drug-likeness (QED) is 0.744. The summed E-state index contributed by atoms with van der Waals surface area (Å²) in [5, 5.41) is 13.3. The predicted molar refractivity (Wildman–Crippen MR) is 78.5 cm³/mol. The van der Waals surface area contributed by atoms with E-state index >= 15 is 0 Å². The van der Waals surface area contributed by atoms with Gasteiger partial charge in [0.15, 0.2) is 5.82 Å². The molecule has 0 radical (unpaired) electrons. The third-order valence-corrected chi connectivity index (χ3v) is 3.11. The van der Waals surface area contributed by atoms with Crippen molar-refractivity contribution in [2.45, 2.75) is 6.61 Å². The maximum Gasteiger partial charge on any atom is 0.340 e. The van der Waals surface area contributed by atoms with Gasteiger partial charge in [0.05, 0.1) is 11.8 Å². The Bertz CT molecular complexity index is 896. The van der Waals surface area contributed by atoms with Crippen LogP contribution in [0.15, 0.2) is 48.9 Å². The maximum absolute atomic E-state index is 13.7. The second-order valence-electron chi connectivity index (χ2n) is 4.86. The van der Waals surface area contributed by atoms with Crippen LogP contribution in [0.2, 0.25) is 0 Å². The monoisotopic (exact) mass is 331 g/mol. The predicted octanol–water partition coefficient (Wildman–Crippen LogP) is 2.61. The normalized spacial score (nSPS) is 10.6. The summed E-state index contributed by atoms with van der Waals surface area (Å²) < 4.78 is 32.9. The molecule has 1 N–H and O–H groups in total. The molecule has 0 fully saturated rings. The van der Waals surface area contributed by atoms with Crippen LogP contribution < -0.4 is 0 Å². The molecule has 2 aromatic heterocycles. The largest absolute Gasteiger partial charge is 0.506 e. The van der Waals surface area contributed by atoms with Crippen LogP contribution in [0.5, 0.6) is 5.75 Å². The van der Waals surface area contributed by atoms with Crippen LogP contribution >= 0.6 is 0 Å². The van der Waals surface area contributed by atoms with Crippen molar-refractivity contribution in [1.29, 1.82) is 0 Å². The van der Waals surface area contributed by atoms with Gasteiger partial charge in [-0.3, -0.25) is 4.98 Å². The molecule has 0 aliphatic rings. The second kappa shape index (κ2) is 6.45. The zero-order valence-corrected chi connectivity index (χ0v) is 12.2. The van der Waals surface area contributed by atoms with Crippen LogP contribution in [-0.2, 0) is 11.3 Å². The number of pyridine rings is 1. The summed E-state index contributed by atoms with van der Waals surface area (Å²) in [6, 6.07) is 5.89. The van der Waals surface area contributed by atoms with Crippen LogP contribution in [-0.4, -0.2) is 25.8 Å². The highest BCUT2D eigenvalue weighted by Crippen LogP contribution is 2.15. The number of aromatic hydroxyl groups is 1. The standard InChI is InChI=1S/C16H11F2N3O3/c17-11-1-2-15(14(18)6-11)21-4-3-12(20-21)9-24-16(23)10-5-13(22)8-19-7-10/h1-8,22H,9H2. The zero-order valence-electron chi connectivity index (χ0n) is 12.2. The van der Waals surface area contributed by atoms with Crippen LogP contribution in [0.1, 0.15) is 16.1 Å². The van der Waals surface area contributed by atoms with Crippen molar-refractivity contribution in [3.63, 3.8) is 0 Å². The van der Waals surface area contributed by atoms with E-state index in [1.54, 1.807) is 0 Å². The molecule has 6 nitrogen and oxygen atoms in total. The van der Waals surface area contributed by atoms with Gasteiger partial charge in [-0.15, -0.1) is 0 Å². The highest BCUT2D eigenvalue weighted by Gasteiger charge is 2.11. The van der Waals surface area contributed by atoms with Gasteiger partial charge in [-0.25, -0.2) is 18.3 Å². The fourth-order valence-corrected chi connectivity index (χ4v) is 2.00. The summed E-state index contributed by atoms with van der Waals surface area (Å²) >= 11 is 0. The van der Waals surface area contributed by atoms with Crippen molar-refractivity contribution in [3.05, 3.63) is 71.8 Å². The number of rotatable bonds is 4. The molecule has 3 aromatic rings.